The number of hydrogen-bond donors (Lipinski definition) is 2. The van der Waals surface area contributed by atoms with Crippen molar-refractivity contribution in [1.29, 1.82) is 0 Å². The molecule has 5 nitrogen and oxygen atoms in total. The number of rotatable bonds is 10. The lowest BCUT2D eigenvalue weighted by atomic mass is 10.0. The zero-order valence-corrected chi connectivity index (χ0v) is 11.9. The standard InChI is InChI=1S/C15H23NO4/c1-19-15(18)12-14(16-7-9-20-10-8-17)11-13-5-3-2-4-6-13/h2-6,14,16-17H,7-12H2,1H3. The van der Waals surface area contributed by atoms with Crippen molar-refractivity contribution in [1.82, 2.24) is 5.32 Å². The Morgan fingerprint density at radius 1 is 1.30 bits per heavy atom. The number of aliphatic hydroxyl groups excluding tert-OH is 1. The van der Waals surface area contributed by atoms with Crippen LogP contribution in [-0.4, -0.2) is 50.6 Å². The number of hydrogen-bond acceptors (Lipinski definition) is 5. The van der Waals surface area contributed by atoms with Gasteiger partial charge in [0.15, 0.2) is 0 Å². The van der Waals surface area contributed by atoms with E-state index in [0.29, 0.717) is 26.2 Å². The maximum atomic E-state index is 11.4. The molecule has 0 bridgehead atoms. The minimum atomic E-state index is -0.227. The molecule has 0 aromatic heterocycles. The van der Waals surface area contributed by atoms with Gasteiger partial charge in [0.05, 0.1) is 33.4 Å². The fourth-order valence-corrected chi connectivity index (χ4v) is 1.90. The number of esters is 1. The van der Waals surface area contributed by atoms with Gasteiger partial charge in [-0.2, -0.15) is 0 Å². The molecule has 112 valence electrons. The topological polar surface area (TPSA) is 67.8 Å². The summed E-state index contributed by atoms with van der Waals surface area (Å²) in [5, 5.41) is 11.9. The molecular formula is C15H23NO4. The van der Waals surface area contributed by atoms with Gasteiger partial charge in [-0.1, -0.05) is 30.3 Å². The Labute approximate surface area is 119 Å². The molecule has 0 aliphatic heterocycles. The summed E-state index contributed by atoms with van der Waals surface area (Å²) in [4.78, 5) is 11.4. The van der Waals surface area contributed by atoms with Gasteiger partial charge in [0.1, 0.15) is 0 Å². The third-order valence-electron chi connectivity index (χ3n) is 2.88. The number of methoxy groups -OCH3 is 1. The lowest BCUT2D eigenvalue weighted by Gasteiger charge is -2.18. The van der Waals surface area contributed by atoms with Crippen molar-refractivity contribution in [3.8, 4) is 0 Å². The SMILES string of the molecule is COC(=O)CC(Cc1ccccc1)NCCOCCO. The summed E-state index contributed by atoms with van der Waals surface area (Å²) in [6, 6.07) is 10.0. The Balaban J connectivity index is 2.41. The molecule has 0 saturated carbocycles. The summed E-state index contributed by atoms with van der Waals surface area (Å²) < 4.78 is 9.91. The number of ether oxygens (including phenoxy) is 2. The number of carbonyl (C=O) groups excluding carboxylic acids is 1. The summed E-state index contributed by atoms with van der Waals surface area (Å²) in [6.07, 6.45) is 1.08. The molecule has 20 heavy (non-hydrogen) atoms. The molecular weight excluding hydrogens is 258 g/mol. The number of benzene rings is 1. The molecule has 0 heterocycles. The van der Waals surface area contributed by atoms with Gasteiger partial charge in [-0.25, -0.2) is 0 Å². The summed E-state index contributed by atoms with van der Waals surface area (Å²) in [5.41, 5.74) is 1.17. The minimum absolute atomic E-state index is 0.0163. The van der Waals surface area contributed by atoms with Gasteiger partial charge in [0, 0.05) is 12.6 Å². The maximum Gasteiger partial charge on any atom is 0.307 e. The minimum Gasteiger partial charge on any atom is -0.469 e. The summed E-state index contributed by atoms with van der Waals surface area (Å²) in [6.45, 7) is 1.50. The number of carbonyl (C=O) groups is 1. The Morgan fingerprint density at radius 2 is 2.05 bits per heavy atom. The Bertz CT molecular complexity index is 369. The third kappa shape index (κ3) is 7.23. The smallest absolute Gasteiger partial charge is 0.307 e. The van der Waals surface area contributed by atoms with Gasteiger partial charge in [0.2, 0.25) is 0 Å². The van der Waals surface area contributed by atoms with Crippen LogP contribution in [0.1, 0.15) is 12.0 Å². The Morgan fingerprint density at radius 3 is 2.70 bits per heavy atom. The van der Waals surface area contributed by atoms with E-state index in [-0.39, 0.29) is 18.6 Å². The molecule has 1 aromatic rings. The van der Waals surface area contributed by atoms with Gasteiger partial charge < -0.3 is 19.9 Å². The normalized spacial score (nSPS) is 12.1. The molecule has 0 spiro atoms. The van der Waals surface area contributed by atoms with Crippen LogP contribution in [0, 0.1) is 0 Å². The first-order valence-corrected chi connectivity index (χ1v) is 6.79. The lowest BCUT2D eigenvalue weighted by Crippen LogP contribution is -2.36. The fourth-order valence-electron chi connectivity index (χ4n) is 1.90. The van der Waals surface area contributed by atoms with Crippen molar-refractivity contribution in [3.05, 3.63) is 35.9 Å². The second kappa shape index (κ2) is 10.4. The third-order valence-corrected chi connectivity index (χ3v) is 2.88. The average Bonchev–Trinajstić information content (AvgIpc) is 2.47. The van der Waals surface area contributed by atoms with E-state index >= 15 is 0 Å². The van der Waals surface area contributed by atoms with Crippen molar-refractivity contribution in [3.63, 3.8) is 0 Å². The largest absolute Gasteiger partial charge is 0.469 e. The molecule has 1 unspecified atom stereocenters. The van der Waals surface area contributed by atoms with E-state index in [9.17, 15) is 4.79 Å². The predicted molar refractivity (Wildman–Crippen MR) is 76.5 cm³/mol. The van der Waals surface area contributed by atoms with E-state index in [1.165, 1.54) is 12.7 Å². The van der Waals surface area contributed by atoms with Crippen molar-refractivity contribution < 1.29 is 19.4 Å². The molecule has 0 fully saturated rings. The Hall–Kier alpha value is -1.43. The van der Waals surface area contributed by atoms with Crippen molar-refractivity contribution in [2.75, 3.05) is 33.5 Å². The Kier molecular flexibility index (Phi) is 8.62. The van der Waals surface area contributed by atoms with Gasteiger partial charge in [-0.15, -0.1) is 0 Å². The van der Waals surface area contributed by atoms with E-state index in [1.54, 1.807) is 0 Å². The van der Waals surface area contributed by atoms with Gasteiger partial charge in [-0.05, 0) is 12.0 Å². The van der Waals surface area contributed by atoms with E-state index in [4.69, 9.17) is 14.6 Å². The number of nitrogens with one attached hydrogen (secondary N) is 1. The highest BCUT2D eigenvalue weighted by Gasteiger charge is 2.14. The molecule has 1 rings (SSSR count). The molecule has 0 aliphatic carbocycles. The second-order valence-electron chi connectivity index (χ2n) is 4.46. The van der Waals surface area contributed by atoms with Gasteiger partial charge >= 0.3 is 5.97 Å². The average molecular weight is 281 g/mol. The van der Waals surface area contributed by atoms with Crippen LogP contribution in [0.5, 0.6) is 0 Å². The van der Waals surface area contributed by atoms with E-state index in [2.05, 4.69) is 5.32 Å². The highest BCUT2D eigenvalue weighted by Crippen LogP contribution is 2.06. The molecule has 1 aromatic carbocycles. The van der Waals surface area contributed by atoms with Crippen LogP contribution in [0.15, 0.2) is 30.3 Å². The van der Waals surface area contributed by atoms with E-state index in [1.807, 2.05) is 30.3 Å². The predicted octanol–water partition coefficient (Wildman–Crippen LogP) is 0.759. The summed E-state index contributed by atoms with van der Waals surface area (Å²) in [7, 11) is 1.40. The first-order valence-electron chi connectivity index (χ1n) is 6.79. The zero-order chi connectivity index (χ0) is 14.6. The first kappa shape index (κ1) is 16.6. The summed E-state index contributed by atoms with van der Waals surface area (Å²) >= 11 is 0. The van der Waals surface area contributed by atoms with E-state index in [0.717, 1.165) is 6.42 Å². The zero-order valence-electron chi connectivity index (χ0n) is 11.9. The van der Waals surface area contributed by atoms with Crippen molar-refractivity contribution in [2.24, 2.45) is 0 Å². The fraction of sp³-hybridized carbons (Fsp3) is 0.533. The second-order valence-corrected chi connectivity index (χ2v) is 4.46. The monoisotopic (exact) mass is 281 g/mol. The van der Waals surface area contributed by atoms with Crippen LogP contribution in [0.3, 0.4) is 0 Å². The van der Waals surface area contributed by atoms with Crippen molar-refractivity contribution >= 4 is 5.97 Å². The summed E-state index contributed by atoms with van der Waals surface area (Å²) in [5.74, 6) is -0.227. The van der Waals surface area contributed by atoms with Crippen LogP contribution < -0.4 is 5.32 Å². The van der Waals surface area contributed by atoms with Crippen LogP contribution >= 0.6 is 0 Å². The quantitative estimate of drug-likeness (QED) is 0.489. The highest BCUT2D eigenvalue weighted by atomic mass is 16.5. The van der Waals surface area contributed by atoms with Gasteiger partial charge in [0.25, 0.3) is 0 Å². The molecule has 0 saturated heterocycles. The van der Waals surface area contributed by atoms with Crippen LogP contribution in [-0.2, 0) is 20.7 Å². The molecule has 1 atom stereocenters. The highest BCUT2D eigenvalue weighted by molar-refractivity contribution is 5.69. The molecule has 5 heteroatoms. The van der Waals surface area contributed by atoms with E-state index < -0.39 is 0 Å². The molecule has 0 aliphatic rings. The molecule has 0 radical (unpaired) electrons. The first-order chi connectivity index (χ1) is 9.76. The van der Waals surface area contributed by atoms with Crippen LogP contribution in [0.25, 0.3) is 0 Å². The van der Waals surface area contributed by atoms with Crippen LogP contribution in [0.2, 0.25) is 0 Å². The molecule has 0 amide bonds. The van der Waals surface area contributed by atoms with Crippen molar-refractivity contribution in [2.45, 2.75) is 18.9 Å². The molecule has 2 N–H and O–H groups in total. The van der Waals surface area contributed by atoms with Crippen LogP contribution in [0.4, 0.5) is 0 Å². The number of aliphatic hydroxyl groups is 1. The maximum absolute atomic E-state index is 11.4. The lowest BCUT2D eigenvalue weighted by molar-refractivity contribution is -0.141. The van der Waals surface area contributed by atoms with Gasteiger partial charge in [-0.3, -0.25) is 4.79 Å².